The van der Waals surface area contributed by atoms with E-state index in [1.807, 2.05) is 24.3 Å². The summed E-state index contributed by atoms with van der Waals surface area (Å²) in [6.07, 6.45) is 9.26. The Kier molecular flexibility index (Phi) is 8.28. The molecule has 5 nitrogen and oxygen atoms in total. The molecule has 1 amide bonds. The SMILES string of the molecule is CC(C)CC1CCCN1Cc1ccc2c(c1)CC[C@H](NC(=O)c1ccc(OC[C@@H]3CCCO3)cc1)C2. The van der Waals surface area contributed by atoms with Crippen molar-refractivity contribution in [3.05, 3.63) is 64.7 Å². The number of hydrogen-bond acceptors (Lipinski definition) is 4. The van der Waals surface area contributed by atoms with E-state index >= 15 is 0 Å². The molecule has 2 heterocycles. The van der Waals surface area contributed by atoms with Gasteiger partial charge in [0, 0.05) is 30.8 Å². The standard InChI is InChI=1S/C31H42N2O3/c1-22(2)17-28-5-3-15-33(28)20-23-7-8-26-19-27(12-9-25(26)18-23)32-31(34)24-10-13-29(14-11-24)36-21-30-6-4-16-35-30/h7-8,10-11,13-14,18,22,27-28,30H,3-6,9,12,15-17,19-21H2,1-2H3,(H,32,34)/t27-,28?,30-/m0/s1. The molecule has 1 unspecified atom stereocenters. The molecule has 0 aromatic heterocycles. The Balaban J connectivity index is 1.12. The molecule has 2 aromatic rings. The van der Waals surface area contributed by atoms with Crippen molar-refractivity contribution in [3.63, 3.8) is 0 Å². The molecule has 0 radical (unpaired) electrons. The lowest BCUT2D eigenvalue weighted by molar-refractivity contribution is 0.0679. The first-order valence-corrected chi connectivity index (χ1v) is 14.0. The van der Waals surface area contributed by atoms with Crippen LogP contribution in [0.25, 0.3) is 0 Å². The molecule has 2 aromatic carbocycles. The topological polar surface area (TPSA) is 50.8 Å². The van der Waals surface area contributed by atoms with Crippen LogP contribution in [0, 0.1) is 5.92 Å². The van der Waals surface area contributed by atoms with Crippen molar-refractivity contribution >= 4 is 5.91 Å². The molecule has 194 valence electrons. The lowest BCUT2D eigenvalue weighted by Crippen LogP contribution is -2.38. The van der Waals surface area contributed by atoms with E-state index in [0.29, 0.717) is 12.2 Å². The van der Waals surface area contributed by atoms with Gasteiger partial charge in [-0.25, -0.2) is 0 Å². The number of aryl methyl sites for hydroxylation is 1. The van der Waals surface area contributed by atoms with Gasteiger partial charge in [0.25, 0.3) is 5.91 Å². The number of benzene rings is 2. The molecule has 1 aliphatic carbocycles. The Morgan fingerprint density at radius 1 is 1.08 bits per heavy atom. The highest BCUT2D eigenvalue weighted by Gasteiger charge is 2.26. The van der Waals surface area contributed by atoms with Crippen LogP contribution in [-0.2, 0) is 24.1 Å². The monoisotopic (exact) mass is 490 g/mol. The summed E-state index contributed by atoms with van der Waals surface area (Å²) in [6.45, 7) is 8.37. The maximum atomic E-state index is 12.9. The second-order valence-electron chi connectivity index (χ2n) is 11.4. The van der Waals surface area contributed by atoms with Gasteiger partial charge in [0.15, 0.2) is 0 Å². The van der Waals surface area contributed by atoms with Crippen LogP contribution in [0.3, 0.4) is 0 Å². The average molecular weight is 491 g/mol. The van der Waals surface area contributed by atoms with E-state index in [1.165, 1.54) is 42.5 Å². The smallest absolute Gasteiger partial charge is 0.251 e. The molecular formula is C31H42N2O3. The largest absolute Gasteiger partial charge is 0.491 e. The van der Waals surface area contributed by atoms with E-state index in [1.54, 1.807) is 0 Å². The third-order valence-electron chi connectivity index (χ3n) is 8.04. The van der Waals surface area contributed by atoms with E-state index in [0.717, 1.165) is 63.0 Å². The molecule has 5 rings (SSSR count). The summed E-state index contributed by atoms with van der Waals surface area (Å²) < 4.78 is 11.4. The maximum Gasteiger partial charge on any atom is 0.251 e. The zero-order valence-corrected chi connectivity index (χ0v) is 22.0. The van der Waals surface area contributed by atoms with Crippen LogP contribution in [0.1, 0.15) is 79.4 Å². The first-order chi connectivity index (χ1) is 17.5. The second-order valence-corrected chi connectivity index (χ2v) is 11.4. The number of rotatable bonds is 9. The molecule has 3 atom stereocenters. The van der Waals surface area contributed by atoms with Crippen molar-refractivity contribution in [1.82, 2.24) is 10.2 Å². The normalized spacial score (nSPS) is 24.1. The van der Waals surface area contributed by atoms with E-state index in [4.69, 9.17) is 9.47 Å². The zero-order valence-electron chi connectivity index (χ0n) is 22.0. The number of carbonyl (C=O) groups is 1. The fourth-order valence-corrected chi connectivity index (χ4v) is 6.12. The molecule has 0 saturated carbocycles. The number of hydrogen-bond donors (Lipinski definition) is 1. The number of fused-ring (bicyclic) bond motifs is 1. The summed E-state index contributed by atoms with van der Waals surface area (Å²) in [5, 5.41) is 3.26. The van der Waals surface area contributed by atoms with Crippen molar-refractivity contribution in [2.75, 3.05) is 19.8 Å². The Morgan fingerprint density at radius 2 is 1.94 bits per heavy atom. The van der Waals surface area contributed by atoms with Gasteiger partial charge in [-0.05, 0) is 105 Å². The molecule has 5 heteroatoms. The van der Waals surface area contributed by atoms with Crippen LogP contribution >= 0.6 is 0 Å². The first kappa shape index (κ1) is 25.3. The molecule has 36 heavy (non-hydrogen) atoms. The summed E-state index contributed by atoms with van der Waals surface area (Å²) in [5.41, 5.74) is 4.97. The lowest BCUT2D eigenvalue weighted by Gasteiger charge is -2.28. The predicted octanol–water partition coefficient (Wildman–Crippen LogP) is 5.54. The van der Waals surface area contributed by atoms with Gasteiger partial charge in [0.2, 0.25) is 0 Å². The van der Waals surface area contributed by atoms with E-state index in [-0.39, 0.29) is 18.1 Å². The fourth-order valence-electron chi connectivity index (χ4n) is 6.12. The zero-order chi connectivity index (χ0) is 24.9. The van der Waals surface area contributed by atoms with E-state index < -0.39 is 0 Å². The molecular weight excluding hydrogens is 448 g/mol. The molecule has 0 spiro atoms. The van der Waals surface area contributed by atoms with Gasteiger partial charge in [-0.2, -0.15) is 0 Å². The number of carbonyl (C=O) groups excluding carboxylic acids is 1. The van der Waals surface area contributed by atoms with Crippen LogP contribution in [0.2, 0.25) is 0 Å². The van der Waals surface area contributed by atoms with Gasteiger partial charge in [-0.15, -0.1) is 0 Å². The minimum atomic E-state index is -0.00373. The summed E-state index contributed by atoms with van der Waals surface area (Å²) in [7, 11) is 0. The number of ether oxygens (including phenoxy) is 2. The minimum absolute atomic E-state index is 0.00373. The second kappa shape index (κ2) is 11.8. The quantitative estimate of drug-likeness (QED) is 0.501. The van der Waals surface area contributed by atoms with Crippen LogP contribution in [0.4, 0.5) is 0 Å². The van der Waals surface area contributed by atoms with E-state index in [2.05, 4.69) is 42.3 Å². The third-order valence-corrected chi connectivity index (χ3v) is 8.04. The number of amides is 1. The Labute approximate surface area is 216 Å². The van der Waals surface area contributed by atoms with Gasteiger partial charge in [0.05, 0.1) is 6.10 Å². The highest BCUT2D eigenvalue weighted by Crippen LogP contribution is 2.28. The highest BCUT2D eigenvalue weighted by atomic mass is 16.5. The van der Waals surface area contributed by atoms with Gasteiger partial charge >= 0.3 is 0 Å². The fraction of sp³-hybridized carbons (Fsp3) is 0.581. The number of nitrogens with zero attached hydrogens (tertiary/aromatic N) is 1. The summed E-state index contributed by atoms with van der Waals surface area (Å²) in [6, 6.07) is 15.4. The van der Waals surface area contributed by atoms with Gasteiger partial charge < -0.3 is 14.8 Å². The molecule has 3 aliphatic rings. The van der Waals surface area contributed by atoms with Crippen LogP contribution in [0.5, 0.6) is 5.75 Å². The minimum Gasteiger partial charge on any atom is -0.491 e. The Hall–Kier alpha value is -2.37. The summed E-state index contributed by atoms with van der Waals surface area (Å²) in [5.74, 6) is 1.54. The van der Waals surface area contributed by atoms with Gasteiger partial charge in [-0.3, -0.25) is 9.69 Å². The van der Waals surface area contributed by atoms with Gasteiger partial charge in [-0.1, -0.05) is 32.0 Å². The first-order valence-electron chi connectivity index (χ1n) is 14.0. The molecule has 1 N–H and O–H groups in total. The molecule has 2 saturated heterocycles. The van der Waals surface area contributed by atoms with Crippen molar-refractivity contribution in [2.45, 2.75) is 89.9 Å². The van der Waals surface area contributed by atoms with Crippen molar-refractivity contribution < 1.29 is 14.3 Å². The third kappa shape index (κ3) is 6.49. The van der Waals surface area contributed by atoms with E-state index in [9.17, 15) is 4.79 Å². The maximum absolute atomic E-state index is 12.9. The Bertz CT molecular complexity index is 1010. The predicted molar refractivity (Wildman–Crippen MR) is 144 cm³/mol. The number of likely N-dealkylation sites (tertiary alicyclic amines) is 1. The highest BCUT2D eigenvalue weighted by molar-refractivity contribution is 5.94. The number of nitrogens with one attached hydrogen (secondary N) is 1. The molecule has 2 fully saturated rings. The molecule has 2 aliphatic heterocycles. The van der Waals surface area contributed by atoms with Gasteiger partial charge in [0.1, 0.15) is 12.4 Å². The van der Waals surface area contributed by atoms with Crippen molar-refractivity contribution in [1.29, 1.82) is 0 Å². The summed E-state index contributed by atoms with van der Waals surface area (Å²) >= 11 is 0. The lowest BCUT2D eigenvalue weighted by atomic mass is 9.87. The van der Waals surface area contributed by atoms with Crippen molar-refractivity contribution in [3.8, 4) is 5.75 Å². The average Bonchev–Trinajstić information content (AvgIpc) is 3.55. The van der Waals surface area contributed by atoms with Crippen LogP contribution in [0.15, 0.2) is 42.5 Å². The van der Waals surface area contributed by atoms with Crippen LogP contribution in [-0.4, -0.2) is 48.8 Å². The van der Waals surface area contributed by atoms with Crippen molar-refractivity contribution in [2.24, 2.45) is 5.92 Å². The Morgan fingerprint density at radius 3 is 2.72 bits per heavy atom. The van der Waals surface area contributed by atoms with Crippen LogP contribution < -0.4 is 10.1 Å². The summed E-state index contributed by atoms with van der Waals surface area (Å²) in [4.78, 5) is 15.6. The molecule has 0 bridgehead atoms.